The number of nitrogens with zero attached hydrogens (tertiary/aromatic N) is 4. The van der Waals surface area contributed by atoms with E-state index in [1.165, 1.54) is 0 Å². The van der Waals surface area contributed by atoms with E-state index in [1.807, 2.05) is 10.9 Å². The van der Waals surface area contributed by atoms with Gasteiger partial charge in [-0.05, 0) is 13.3 Å². The van der Waals surface area contributed by atoms with Crippen molar-refractivity contribution in [3.8, 4) is 0 Å². The van der Waals surface area contributed by atoms with Crippen molar-refractivity contribution in [1.29, 1.82) is 0 Å². The molecule has 0 spiro atoms. The highest BCUT2D eigenvalue weighted by Gasteiger charge is 2.06. The number of aromatic nitrogens is 3. The number of rotatable bonds is 5. The Balaban J connectivity index is 2.53. The van der Waals surface area contributed by atoms with Crippen molar-refractivity contribution in [2.75, 3.05) is 0 Å². The number of aryl methyl sites for hydroxylation is 1. The smallest absolute Gasteiger partial charge is 0.139 e. The molecule has 84 valence electrons. The van der Waals surface area contributed by atoms with Crippen molar-refractivity contribution in [1.82, 2.24) is 15.0 Å². The lowest BCUT2D eigenvalue weighted by Gasteiger charge is -2.06. The summed E-state index contributed by atoms with van der Waals surface area (Å²) >= 11 is 0. The van der Waals surface area contributed by atoms with E-state index in [4.69, 9.17) is 10.9 Å². The molecule has 1 rings (SSSR count). The zero-order chi connectivity index (χ0) is 11.3. The van der Waals surface area contributed by atoms with E-state index in [2.05, 4.69) is 29.3 Å². The highest BCUT2D eigenvalue weighted by molar-refractivity contribution is 5.79. The molecule has 1 unspecified atom stereocenters. The van der Waals surface area contributed by atoms with Gasteiger partial charge in [0.15, 0.2) is 0 Å². The number of oxime groups is 1. The maximum atomic E-state index is 8.37. The van der Waals surface area contributed by atoms with Gasteiger partial charge in [0.2, 0.25) is 0 Å². The van der Waals surface area contributed by atoms with E-state index in [1.54, 1.807) is 0 Å². The lowest BCUT2D eigenvalue weighted by Crippen LogP contribution is -2.12. The summed E-state index contributed by atoms with van der Waals surface area (Å²) in [6.07, 6.45) is 4.06. The number of hydrogen-bond donors (Lipinski definition) is 2. The molecule has 0 amide bonds. The number of hydrogen-bond acceptors (Lipinski definition) is 4. The SMILES string of the molecule is CCC(C)n1cc(CC/C(N)=N/O)nn1. The molecule has 0 aromatic carbocycles. The minimum Gasteiger partial charge on any atom is -0.409 e. The Labute approximate surface area is 88.8 Å². The normalized spacial score (nSPS) is 14.1. The lowest BCUT2D eigenvalue weighted by atomic mass is 10.2. The first-order valence-corrected chi connectivity index (χ1v) is 5.04. The van der Waals surface area contributed by atoms with Crippen molar-refractivity contribution < 1.29 is 5.21 Å². The molecule has 1 aromatic rings. The number of nitrogens with two attached hydrogens (primary N) is 1. The largest absolute Gasteiger partial charge is 0.409 e. The molecule has 0 aliphatic heterocycles. The third-order valence-electron chi connectivity index (χ3n) is 2.37. The first-order valence-electron chi connectivity index (χ1n) is 5.04. The summed E-state index contributed by atoms with van der Waals surface area (Å²) in [6.45, 7) is 4.18. The molecule has 0 fully saturated rings. The van der Waals surface area contributed by atoms with Crippen LogP contribution in [0.5, 0.6) is 0 Å². The molecular weight excluding hydrogens is 194 g/mol. The lowest BCUT2D eigenvalue weighted by molar-refractivity contribution is 0.317. The predicted octanol–water partition coefficient (Wildman–Crippen LogP) is 0.928. The van der Waals surface area contributed by atoms with Crippen LogP contribution in [0.2, 0.25) is 0 Å². The summed E-state index contributed by atoms with van der Waals surface area (Å²) in [6, 6.07) is 0.357. The Morgan fingerprint density at radius 1 is 1.73 bits per heavy atom. The van der Waals surface area contributed by atoms with E-state index < -0.39 is 0 Å². The average molecular weight is 211 g/mol. The minimum absolute atomic E-state index is 0.216. The summed E-state index contributed by atoms with van der Waals surface area (Å²) in [5.74, 6) is 0.216. The maximum absolute atomic E-state index is 8.37. The molecule has 0 saturated heterocycles. The molecule has 6 heteroatoms. The van der Waals surface area contributed by atoms with Crippen molar-refractivity contribution in [2.45, 2.75) is 39.2 Å². The van der Waals surface area contributed by atoms with Crippen LogP contribution in [0.15, 0.2) is 11.4 Å². The van der Waals surface area contributed by atoms with Crippen LogP contribution >= 0.6 is 0 Å². The second-order valence-electron chi connectivity index (χ2n) is 3.54. The highest BCUT2D eigenvalue weighted by atomic mass is 16.4. The van der Waals surface area contributed by atoms with Gasteiger partial charge in [-0.1, -0.05) is 17.3 Å². The van der Waals surface area contributed by atoms with Gasteiger partial charge in [-0.15, -0.1) is 5.10 Å². The molecule has 15 heavy (non-hydrogen) atoms. The van der Waals surface area contributed by atoms with Gasteiger partial charge in [0.25, 0.3) is 0 Å². The average Bonchev–Trinajstić information content (AvgIpc) is 2.73. The van der Waals surface area contributed by atoms with Crippen molar-refractivity contribution in [3.05, 3.63) is 11.9 Å². The monoisotopic (exact) mass is 211 g/mol. The quantitative estimate of drug-likeness (QED) is 0.328. The molecule has 0 aliphatic carbocycles. The molecule has 0 radical (unpaired) electrons. The Morgan fingerprint density at radius 2 is 2.47 bits per heavy atom. The van der Waals surface area contributed by atoms with Crippen LogP contribution < -0.4 is 5.73 Å². The Morgan fingerprint density at radius 3 is 3.07 bits per heavy atom. The highest BCUT2D eigenvalue weighted by Crippen LogP contribution is 2.08. The van der Waals surface area contributed by atoms with Crippen LogP contribution in [0.25, 0.3) is 0 Å². The van der Waals surface area contributed by atoms with Gasteiger partial charge in [-0.3, -0.25) is 0 Å². The summed E-state index contributed by atoms with van der Waals surface area (Å²) in [5, 5.41) is 19.3. The molecule has 1 heterocycles. The van der Waals surface area contributed by atoms with Crippen LogP contribution in [0, 0.1) is 0 Å². The van der Waals surface area contributed by atoms with Gasteiger partial charge in [0, 0.05) is 19.0 Å². The fraction of sp³-hybridized carbons (Fsp3) is 0.667. The minimum atomic E-state index is 0.216. The second kappa shape index (κ2) is 5.33. The molecule has 3 N–H and O–H groups in total. The molecule has 0 aliphatic rings. The van der Waals surface area contributed by atoms with E-state index in [9.17, 15) is 0 Å². The van der Waals surface area contributed by atoms with Crippen LogP contribution in [0.4, 0.5) is 0 Å². The number of amidine groups is 1. The van der Waals surface area contributed by atoms with Crippen molar-refractivity contribution in [2.24, 2.45) is 10.9 Å². The van der Waals surface area contributed by atoms with Gasteiger partial charge in [-0.25, -0.2) is 4.68 Å². The molecular formula is C9H17N5O. The molecule has 0 bridgehead atoms. The third-order valence-corrected chi connectivity index (χ3v) is 2.37. The van der Waals surface area contributed by atoms with Crippen molar-refractivity contribution in [3.63, 3.8) is 0 Å². The molecule has 1 aromatic heterocycles. The summed E-state index contributed by atoms with van der Waals surface area (Å²) < 4.78 is 1.83. The van der Waals surface area contributed by atoms with Gasteiger partial charge < -0.3 is 10.9 Å². The van der Waals surface area contributed by atoms with Crippen LogP contribution in [0.3, 0.4) is 0 Å². The first-order chi connectivity index (χ1) is 7.17. The van der Waals surface area contributed by atoms with Gasteiger partial charge in [-0.2, -0.15) is 0 Å². The van der Waals surface area contributed by atoms with Crippen molar-refractivity contribution >= 4 is 5.84 Å². The maximum Gasteiger partial charge on any atom is 0.139 e. The Bertz CT molecular complexity index is 333. The van der Waals surface area contributed by atoms with Crippen LogP contribution in [-0.4, -0.2) is 26.0 Å². The standard InChI is InChI=1S/C9H17N5O/c1-3-7(2)14-6-8(11-13-14)4-5-9(10)12-15/h6-7,15H,3-5H2,1-2H3,(H2,10,12). The third kappa shape index (κ3) is 3.23. The van der Waals surface area contributed by atoms with Gasteiger partial charge in [0.05, 0.1) is 11.7 Å². The Kier molecular flexibility index (Phi) is 4.08. The summed E-state index contributed by atoms with van der Waals surface area (Å²) in [5.41, 5.74) is 6.22. The summed E-state index contributed by atoms with van der Waals surface area (Å²) in [4.78, 5) is 0. The van der Waals surface area contributed by atoms with E-state index in [0.717, 1.165) is 12.1 Å². The zero-order valence-corrected chi connectivity index (χ0v) is 9.09. The van der Waals surface area contributed by atoms with E-state index in [-0.39, 0.29) is 5.84 Å². The van der Waals surface area contributed by atoms with Gasteiger partial charge >= 0.3 is 0 Å². The summed E-state index contributed by atoms with van der Waals surface area (Å²) in [7, 11) is 0. The second-order valence-corrected chi connectivity index (χ2v) is 3.54. The first kappa shape index (κ1) is 11.5. The van der Waals surface area contributed by atoms with Crippen LogP contribution in [-0.2, 0) is 6.42 Å². The van der Waals surface area contributed by atoms with Gasteiger partial charge in [0.1, 0.15) is 5.84 Å². The molecule has 0 saturated carbocycles. The van der Waals surface area contributed by atoms with E-state index in [0.29, 0.717) is 18.9 Å². The predicted molar refractivity (Wildman–Crippen MR) is 56.8 cm³/mol. The molecule has 1 atom stereocenters. The topological polar surface area (TPSA) is 89.3 Å². The fourth-order valence-electron chi connectivity index (χ4n) is 1.14. The van der Waals surface area contributed by atoms with Crippen LogP contribution in [0.1, 0.15) is 38.4 Å². The van der Waals surface area contributed by atoms with E-state index >= 15 is 0 Å². The molecule has 6 nitrogen and oxygen atoms in total. The fourth-order valence-corrected chi connectivity index (χ4v) is 1.14. The Hall–Kier alpha value is -1.59. The zero-order valence-electron chi connectivity index (χ0n) is 9.09.